The molecule has 3 aromatic rings. The van der Waals surface area contributed by atoms with Gasteiger partial charge in [-0.2, -0.15) is 0 Å². The zero-order valence-electron chi connectivity index (χ0n) is 15.2. The molecule has 5 heteroatoms. The van der Waals surface area contributed by atoms with Gasteiger partial charge in [-0.15, -0.1) is 0 Å². The lowest BCUT2D eigenvalue weighted by Gasteiger charge is -2.21. The Kier molecular flexibility index (Phi) is 5.38. The van der Waals surface area contributed by atoms with Crippen LogP contribution in [-0.2, 0) is 13.1 Å². The van der Waals surface area contributed by atoms with Crippen LogP contribution in [0.25, 0.3) is 11.0 Å². The zero-order valence-corrected chi connectivity index (χ0v) is 15.2. The number of nitrogens with zero attached hydrogens (tertiary/aromatic N) is 1. The van der Waals surface area contributed by atoms with Gasteiger partial charge in [0.15, 0.2) is 11.6 Å². The number of hydrogen-bond acceptors (Lipinski definition) is 4. The molecule has 136 valence electrons. The van der Waals surface area contributed by atoms with E-state index in [1.165, 1.54) is 19.2 Å². The number of aryl methyl sites for hydroxylation is 1. The first kappa shape index (κ1) is 18.1. The van der Waals surface area contributed by atoms with E-state index in [4.69, 9.17) is 9.15 Å². The van der Waals surface area contributed by atoms with Crippen molar-refractivity contribution in [2.45, 2.75) is 26.9 Å². The predicted molar refractivity (Wildman–Crippen MR) is 100.0 cm³/mol. The number of halogens is 1. The van der Waals surface area contributed by atoms with Crippen LogP contribution in [-0.4, -0.2) is 18.6 Å². The Morgan fingerprint density at radius 1 is 1.12 bits per heavy atom. The third kappa shape index (κ3) is 3.94. The second-order valence-corrected chi connectivity index (χ2v) is 6.36. The topological polar surface area (TPSA) is 42.7 Å². The van der Waals surface area contributed by atoms with Crippen LogP contribution < -0.4 is 10.4 Å². The highest BCUT2D eigenvalue weighted by Crippen LogP contribution is 2.22. The Morgan fingerprint density at radius 2 is 1.92 bits per heavy atom. The van der Waals surface area contributed by atoms with Gasteiger partial charge in [-0.05, 0) is 48.4 Å². The molecule has 0 saturated carbocycles. The average molecular weight is 355 g/mol. The second-order valence-electron chi connectivity index (χ2n) is 6.36. The number of methoxy groups -OCH3 is 1. The van der Waals surface area contributed by atoms with Gasteiger partial charge in [0.25, 0.3) is 0 Å². The monoisotopic (exact) mass is 355 g/mol. The van der Waals surface area contributed by atoms with E-state index in [0.717, 1.165) is 28.6 Å². The van der Waals surface area contributed by atoms with Gasteiger partial charge in [0.2, 0.25) is 0 Å². The molecule has 26 heavy (non-hydrogen) atoms. The molecule has 3 rings (SSSR count). The summed E-state index contributed by atoms with van der Waals surface area (Å²) in [6, 6.07) is 12.4. The van der Waals surface area contributed by atoms with Gasteiger partial charge in [0.05, 0.1) is 7.11 Å². The van der Waals surface area contributed by atoms with Gasteiger partial charge in [0, 0.05) is 24.5 Å². The highest BCUT2D eigenvalue weighted by Gasteiger charge is 2.12. The minimum atomic E-state index is -0.373. The van der Waals surface area contributed by atoms with Crippen LogP contribution >= 0.6 is 0 Å². The fourth-order valence-electron chi connectivity index (χ4n) is 3.05. The standard InChI is InChI=1S/C21H22FNO3/c1-4-23(12-15-6-8-19(25-3)18(22)10-15)13-16-11-21(24)26-20-9-14(2)5-7-17(16)20/h5-11H,4,12-13H2,1-3H3. The Hall–Kier alpha value is -2.66. The van der Waals surface area contributed by atoms with Crippen molar-refractivity contribution in [3.8, 4) is 5.75 Å². The Balaban J connectivity index is 1.87. The van der Waals surface area contributed by atoms with Crippen molar-refractivity contribution in [3.05, 3.63) is 75.4 Å². The van der Waals surface area contributed by atoms with Crippen molar-refractivity contribution in [1.82, 2.24) is 4.90 Å². The number of fused-ring (bicyclic) bond motifs is 1. The summed E-state index contributed by atoms with van der Waals surface area (Å²) in [5.41, 5.74) is 3.04. The number of rotatable bonds is 6. The van der Waals surface area contributed by atoms with Crippen molar-refractivity contribution in [2.24, 2.45) is 0 Å². The summed E-state index contributed by atoms with van der Waals surface area (Å²) >= 11 is 0. The van der Waals surface area contributed by atoms with E-state index < -0.39 is 0 Å². The average Bonchev–Trinajstić information content (AvgIpc) is 2.60. The molecule has 0 fully saturated rings. The van der Waals surface area contributed by atoms with Gasteiger partial charge in [-0.3, -0.25) is 4.90 Å². The lowest BCUT2D eigenvalue weighted by molar-refractivity contribution is 0.271. The third-order valence-corrected chi connectivity index (χ3v) is 4.45. The minimum absolute atomic E-state index is 0.235. The quantitative estimate of drug-likeness (QED) is 0.619. The molecule has 1 aromatic heterocycles. The van der Waals surface area contributed by atoms with Gasteiger partial charge in [-0.1, -0.05) is 25.1 Å². The van der Waals surface area contributed by atoms with Gasteiger partial charge in [0.1, 0.15) is 5.58 Å². The first-order valence-electron chi connectivity index (χ1n) is 8.58. The summed E-state index contributed by atoms with van der Waals surface area (Å²) in [7, 11) is 1.45. The molecule has 1 heterocycles. The number of ether oxygens (including phenoxy) is 1. The van der Waals surface area contributed by atoms with Crippen molar-refractivity contribution >= 4 is 11.0 Å². The SMILES string of the molecule is CCN(Cc1ccc(OC)c(F)c1)Cc1cc(=O)oc2cc(C)ccc12. The van der Waals surface area contributed by atoms with Crippen LogP contribution in [0, 0.1) is 12.7 Å². The van der Waals surface area contributed by atoms with Crippen molar-refractivity contribution in [1.29, 1.82) is 0 Å². The molecule has 0 amide bonds. The molecular weight excluding hydrogens is 333 g/mol. The van der Waals surface area contributed by atoms with Crippen molar-refractivity contribution in [3.63, 3.8) is 0 Å². The molecule has 0 spiro atoms. The number of benzene rings is 2. The largest absolute Gasteiger partial charge is 0.494 e. The maximum atomic E-state index is 13.9. The van der Waals surface area contributed by atoms with Crippen molar-refractivity contribution in [2.75, 3.05) is 13.7 Å². The van der Waals surface area contributed by atoms with Crippen LogP contribution in [0.1, 0.15) is 23.6 Å². The summed E-state index contributed by atoms with van der Waals surface area (Å²) in [4.78, 5) is 14.1. The number of hydrogen-bond donors (Lipinski definition) is 0. The maximum Gasteiger partial charge on any atom is 0.336 e. The fraction of sp³-hybridized carbons (Fsp3) is 0.286. The first-order chi connectivity index (χ1) is 12.5. The van der Waals surface area contributed by atoms with Crippen LogP contribution in [0.3, 0.4) is 0 Å². The molecule has 0 saturated heterocycles. The summed E-state index contributed by atoms with van der Waals surface area (Å²) in [5, 5.41) is 0.926. The maximum absolute atomic E-state index is 13.9. The van der Waals surface area contributed by atoms with E-state index in [9.17, 15) is 9.18 Å². The Labute approximate surface area is 151 Å². The third-order valence-electron chi connectivity index (χ3n) is 4.45. The molecule has 0 N–H and O–H groups in total. The Morgan fingerprint density at radius 3 is 2.62 bits per heavy atom. The fourth-order valence-corrected chi connectivity index (χ4v) is 3.05. The Bertz CT molecular complexity index is 981. The lowest BCUT2D eigenvalue weighted by Crippen LogP contribution is -2.23. The molecule has 0 bridgehead atoms. The van der Waals surface area contributed by atoms with Crippen LogP contribution in [0.4, 0.5) is 4.39 Å². The summed E-state index contributed by atoms with van der Waals surface area (Å²) in [6.45, 7) is 5.92. The summed E-state index contributed by atoms with van der Waals surface area (Å²) < 4.78 is 24.2. The molecule has 0 unspecified atom stereocenters. The van der Waals surface area contributed by atoms with Crippen molar-refractivity contribution < 1.29 is 13.5 Å². The predicted octanol–water partition coefficient (Wildman–Crippen LogP) is 4.27. The normalized spacial score (nSPS) is 11.3. The van der Waals surface area contributed by atoms with E-state index >= 15 is 0 Å². The molecule has 4 nitrogen and oxygen atoms in total. The van der Waals surface area contributed by atoms with Crippen LogP contribution in [0.5, 0.6) is 5.75 Å². The highest BCUT2D eigenvalue weighted by molar-refractivity contribution is 5.80. The molecule has 0 atom stereocenters. The molecule has 2 aromatic carbocycles. The van der Waals surface area contributed by atoms with Crippen LogP contribution in [0.2, 0.25) is 0 Å². The van der Waals surface area contributed by atoms with Gasteiger partial charge >= 0.3 is 5.63 Å². The first-order valence-corrected chi connectivity index (χ1v) is 8.58. The molecule has 0 radical (unpaired) electrons. The molecular formula is C21H22FNO3. The van der Waals surface area contributed by atoms with Gasteiger partial charge < -0.3 is 9.15 Å². The van der Waals surface area contributed by atoms with E-state index in [2.05, 4.69) is 4.90 Å². The lowest BCUT2D eigenvalue weighted by atomic mass is 10.1. The van der Waals surface area contributed by atoms with Crippen LogP contribution in [0.15, 0.2) is 51.7 Å². The van der Waals surface area contributed by atoms with Gasteiger partial charge in [-0.25, -0.2) is 9.18 Å². The van der Waals surface area contributed by atoms with E-state index in [1.54, 1.807) is 6.07 Å². The van der Waals surface area contributed by atoms with E-state index in [1.807, 2.05) is 38.1 Å². The smallest absolute Gasteiger partial charge is 0.336 e. The molecule has 0 aliphatic heterocycles. The summed E-state index contributed by atoms with van der Waals surface area (Å²) in [5.74, 6) is -0.138. The zero-order chi connectivity index (χ0) is 18.7. The highest BCUT2D eigenvalue weighted by atomic mass is 19.1. The second kappa shape index (κ2) is 7.70. The van der Waals surface area contributed by atoms with E-state index in [0.29, 0.717) is 18.7 Å². The molecule has 0 aliphatic rings. The van der Waals surface area contributed by atoms with E-state index in [-0.39, 0.29) is 17.2 Å². The minimum Gasteiger partial charge on any atom is -0.494 e. The molecule has 0 aliphatic carbocycles. The summed E-state index contributed by atoms with van der Waals surface area (Å²) in [6.07, 6.45) is 0.